The van der Waals surface area contributed by atoms with Crippen LogP contribution in [0.3, 0.4) is 0 Å². The Morgan fingerprint density at radius 1 is 1.14 bits per heavy atom. The maximum Gasteiger partial charge on any atom is 0.254 e. The standard InChI is InChI=1S/C18H18INO2/c1-22-17-10-2-13(3-11-17)12-20(16-8-9-16)18(21)14-4-6-15(19)7-5-14/h2-7,10-11,16H,8-9,12H2,1H3. The summed E-state index contributed by atoms with van der Waals surface area (Å²) < 4.78 is 6.32. The molecule has 1 saturated carbocycles. The van der Waals surface area contributed by atoms with Gasteiger partial charge in [0.2, 0.25) is 0 Å². The summed E-state index contributed by atoms with van der Waals surface area (Å²) in [6.07, 6.45) is 2.21. The van der Waals surface area contributed by atoms with Crippen molar-refractivity contribution in [2.45, 2.75) is 25.4 Å². The molecular weight excluding hydrogens is 389 g/mol. The van der Waals surface area contributed by atoms with E-state index in [9.17, 15) is 4.79 Å². The molecule has 0 atom stereocenters. The molecule has 0 aromatic heterocycles. The summed E-state index contributed by atoms with van der Waals surface area (Å²) in [5, 5.41) is 0. The molecule has 0 spiro atoms. The van der Waals surface area contributed by atoms with Gasteiger partial charge >= 0.3 is 0 Å². The second kappa shape index (κ2) is 6.69. The highest BCUT2D eigenvalue weighted by atomic mass is 127. The molecule has 0 radical (unpaired) electrons. The number of methoxy groups -OCH3 is 1. The van der Waals surface area contributed by atoms with Gasteiger partial charge in [-0.3, -0.25) is 4.79 Å². The van der Waals surface area contributed by atoms with Gasteiger partial charge in [-0.15, -0.1) is 0 Å². The molecule has 1 aliphatic rings. The molecule has 0 bridgehead atoms. The molecule has 0 N–H and O–H groups in total. The van der Waals surface area contributed by atoms with Gasteiger partial charge in [-0.25, -0.2) is 0 Å². The first-order chi connectivity index (χ1) is 10.7. The van der Waals surface area contributed by atoms with Gasteiger partial charge in [0.1, 0.15) is 5.75 Å². The van der Waals surface area contributed by atoms with Crippen LogP contribution in [-0.2, 0) is 6.54 Å². The third kappa shape index (κ3) is 3.61. The van der Waals surface area contributed by atoms with E-state index < -0.39 is 0 Å². The van der Waals surface area contributed by atoms with Crippen LogP contribution in [0.15, 0.2) is 48.5 Å². The van der Waals surface area contributed by atoms with E-state index in [1.54, 1.807) is 7.11 Å². The van der Waals surface area contributed by atoms with Crippen LogP contribution in [0.5, 0.6) is 5.75 Å². The summed E-state index contributed by atoms with van der Waals surface area (Å²) in [5.74, 6) is 0.959. The summed E-state index contributed by atoms with van der Waals surface area (Å²) in [5.41, 5.74) is 1.90. The van der Waals surface area contributed by atoms with Crippen LogP contribution in [0.4, 0.5) is 0 Å². The lowest BCUT2D eigenvalue weighted by Crippen LogP contribution is -2.32. The van der Waals surface area contributed by atoms with Gasteiger partial charge in [0.05, 0.1) is 7.11 Å². The fourth-order valence-corrected chi connectivity index (χ4v) is 2.80. The number of hydrogen-bond acceptors (Lipinski definition) is 2. The molecular formula is C18H18INO2. The Morgan fingerprint density at radius 3 is 2.32 bits per heavy atom. The smallest absolute Gasteiger partial charge is 0.254 e. The third-order valence-electron chi connectivity index (χ3n) is 3.85. The van der Waals surface area contributed by atoms with E-state index in [1.807, 2.05) is 53.4 Å². The molecule has 114 valence electrons. The average Bonchev–Trinajstić information content (AvgIpc) is 3.38. The van der Waals surface area contributed by atoms with Crippen molar-refractivity contribution in [2.24, 2.45) is 0 Å². The number of ether oxygens (including phenoxy) is 1. The highest BCUT2D eigenvalue weighted by Crippen LogP contribution is 2.30. The van der Waals surface area contributed by atoms with E-state index in [4.69, 9.17) is 4.74 Å². The van der Waals surface area contributed by atoms with E-state index in [1.165, 1.54) is 0 Å². The van der Waals surface area contributed by atoms with Crippen LogP contribution in [0.25, 0.3) is 0 Å². The van der Waals surface area contributed by atoms with Gasteiger partial charge < -0.3 is 9.64 Å². The van der Waals surface area contributed by atoms with Crippen molar-refractivity contribution in [1.82, 2.24) is 4.90 Å². The largest absolute Gasteiger partial charge is 0.497 e. The minimum atomic E-state index is 0.120. The van der Waals surface area contributed by atoms with Gasteiger partial charge in [0.15, 0.2) is 0 Å². The highest BCUT2D eigenvalue weighted by Gasteiger charge is 2.33. The Morgan fingerprint density at radius 2 is 1.77 bits per heavy atom. The SMILES string of the molecule is COc1ccc(CN(C(=O)c2ccc(I)cc2)C2CC2)cc1. The van der Waals surface area contributed by atoms with Crippen LogP contribution in [-0.4, -0.2) is 24.0 Å². The normalized spacial score (nSPS) is 13.7. The van der Waals surface area contributed by atoms with Crippen molar-refractivity contribution in [1.29, 1.82) is 0 Å². The summed E-state index contributed by atoms with van der Waals surface area (Å²) in [6, 6.07) is 16.1. The topological polar surface area (TPSA) is 29.5 Å². The maximum atomic E-state index is 12.8. The van der Waals surface area contributed by atoms with Crippen molar-refractivity contribution < 1.29 is 9.53 Å². The predicted octanol–water partition coefficient (Wildman–Crippen LogP) is 4.10. The molecule has 0 aliphatic heterocycles. The van der Waals surface area contributed by atoms with Crippen LogP contribution in [0.2, 0.25) is 0 Å². The molecule has 22 heavy (non-hydrogen) atoms. The van der Waals surface area contributed by atoms with Crippen LogP contribution >= 0.6 is 22.6 Å². The monoisotopic (exact) mass is 407 g/mol. The zero-order chi connectivity index (χ0) is 15.5. The summed E-state index contributed by atoms with van der Waals surface area (Å²) >= 11 is 2.25. The number of benzene rings is 2. The lowest BCUT2D eigenvalue weighted by atomic mass is 10.1. The highest BCUT2D eigenvalue weighted by molar-refractivity contribution is 14.1. The van der Waals surface area contributed by atoms with Crippen molar-refractivity contribution in [3.8, 4) is 5.75 Å². The van der Waals surface area contributed by atoms with Gasteiger partial charge in [0, 0.05) is 21.7 Å². The second-order valence-corrected chi connectivity index (χ2v) is 6.76. The van der Waals surface area contributed by atoms with E-state index in [-0.39, 0.29) is 5.91 Å². The van der Waals surface area contributed by atoms with Crippen LogP contribution < -0.4 is 4.74 Å². The first-order valence-electron chi connectivity index (χ1n) is 7.37. The minimum absolute atomic E-state index is 0.120. The zero-order valence-corrected chi connectivity index (χ0v) is 14.6. The molecule has 1 amide bonds. The lowest BCUT2D eigenvalue weighted by molar-refractivity contribution is 0.0730. The summed E-state index contributed by atoms with van der Waals surface area (Å²) in [7, 11) is 1.66. The Kier molecular flexibility index (Phi) is 4.66. The fourth-order valence-electron chi connectivity index (χ4n) is 2.44. The average molecular weight is 407 g/mol. The Bertz CT molecular complexity index is 648. The number of halogens is 1. The zero-order valence-electron chi connectivity index (χ0n) is 12.5. The molecule has 3 rings (SSSR count). The van der Waals surface area contributed by atoms with Crippen molar-refractivity contribution in [3.63, 3.8) is 0 Å². The van der Waals surface area contributed by atoms with Crippen LogP contribution in [0, 0.1) is 3.57 Å². The quantitative estimate of drug-likeness (QED) is 0.699. The molecule has 0 heterocycles. The van der Waals surface area contributed by atoms with Gasteiger partial charge in [0.25, 0.3) is 5.91 Å². The number of rotatable bonds is 5. The maximum absolute atomic E-state index is 12.8. The molecule has 1 fully saturated rings. The van der Waals surface area contributed by atoms with Gasteiger partial charge in [-0.2, -0.15) is 0 Å². The van der Waals surface area contributed by atoms with E-state index >= 15 is 0 Å². The molecule has 2 aromatic carbocycles. The Balaban J connectivity index is 1.77. The molecule has 1 aliphatic carbocycles. The number of hydrogen-bond donors (Lipinski definition) is 0. The minimum Gasteiger partial charge on any atom is -0.497 e. The number of amides is 1. The summed E-state index contributed by atoms with van der Waals surface area (Å²) in [4.78, 5) is 14.8. The van der Waals surface area contributed by atoms with Crippen molar-refractivity contribution in [2.75, 3.05) is 7.11 Å². The van der Waals surface area contributed by atoms with E-state index in [2.05, 4.69) is 22.6 Å². The molecule has 2 aromatic rings. The lowest BCUT2D eigenvalue weighted by Gasteiger charge is -2.23. The molecule has 4 heteroatoms. The first kappa shape index (κ1) is 15.3. The first-order valence-corrected chi connectivity index (χ1v) is 8.45. The Hall–Kier alpha value is -1.56. The van der Waals surface area contributed by atoms with Crippen molar-refractivity contribution >= 4 is 28.5 Å². The van der Waals surface area contributed by atoms with E-state index in [0.29, 0.717) is 12.6 Å². The number of carbonyl (C=O) groups excluding carboxylic acids is 1. The number of nitrogens with zero attached hydrogens (tertiary/aromatic N) is 1. The van der Waals surface area contributed by atoms with Gasteiger partial charge in [-0.1, -0.05) is 12.1 Å². The predicted molar refractivity (Wildman–Crippen MR) is 95.0 cm³/mol. The second-order valence-electron chi connectivity index (χ2n) is 5.52. The summed E-state index contributed by atoms with van der Waals surface area (Å²) in [6.45, 7) is 0.652. The van der Waals surface area contributed by atoms with Crippen molar-refractivity contribution in [3.05, 3.63) is 63.2 Å². The third-order valence-corrected chi connectivity index (χ3v) is 4.57. The Labute approximate surface area is 144 Å². The molecule has 0 unspecified atom stereocenters. The fraction of sp³-hybridized carbons (Fsp3) is 0.278. The van der Waals surface area contributed by atoms with E-state index in [0.717, 1.165) is 33.3 Å². The number of carbonyl (C=O) groups is 1. The van der Waals surface area contributed by atoms with Crippen LogP contribution in [0.1, 0.15) is 28.8 Å². The molecule has 3 nitrogen and oxygen atoms in total. The van der Waals surface area contributed by atoms with Gasteiger partial charge in [-0.05, 0) is 77.4 Å². The molecule has 0 saturated heterocycles.